The highest BCUT2D eigenvalue weighted by Gasteiger charge is 2.31. The van der Waals surface area contributed by atoms with Crippen molar-refractivity contribution < 1.29 is 19.4 Å². The number of ether oxygens (including phenoxy) is 1. The minimum atomic E-state index is -1.01. The Balaban J connectivity index is 2.65. The summed E-state index contributed by atoms with van der Waals surface area (Å²) in [5.41, 5.74) is 0. The van der Waals surface area contributed by atoms with Crippen LogP contribution in [0.15, 0.2) is 0 Å². The molecule has 0 radical (unpaired) electrons. The number of nitrogens with zero attached hydrogens (tertiary/aromatic N) is 1. The molecule has 0 aliphatic carbocycles. The van der Waals surface area contributed by atoms with E-state index in [9.17, 15) is 9.59 Å². The highest BCUT2D eigenvalue weighted by atomic mass is 16.5. The second-order valence-corrected chi connectivity index (χ2v) is 5.15. The number of carboxylic acids is 1. The molecule has 1 saturated heterocycles. The Bertz CT molecular complexity index is 319. The second kappa shape index (κ2) is 6.04. The zero-order valence-corrected chi connectivity index (χ0v) is 11.3. The van der Waals surface area contributed by atoms with E-state index in [0.29, 0.717) is 13.2 Å². The van der Waals surface area contributed by atoms with E-state index in [0.717, 1.165) is 0 Å². The zero-order chi connectivity index (χ0) is 13.9. The lowest BCUT2D eigenvalue weighted by molar-refractivity contribution is -0.140. The van der Waals surface area contributed by atoms with Crippen LogP contribution in [0.1, 0.15) is 27.7 Å². The van der Waals surface area contributed by atoms with Crippen molar-refractivity contribution >= 4 is 12.0 Å². The molecule has 3 unspecified atom stereocenters. The van der Waals surface area contributed by atoms with E-state index in [1.54, 1.807) is 18.7 Å². The predicted molar refractivity (Wildman–Crippen MR) is 66.4 cm³/mol. The van der Waals surface area contributed by atoms with Gasteiger partial charge in [0.2, 0.25) is 0 Å². The van der Waals surface area contributed by atoms with Crippen molar-refractivity contribution in [2.24, 2.45) is 5.92 Å². The Morgan fingerprint density at radius 1 is 1.39 bits per heavy atom. The van der Waals surface area contributed by atoms with Crippen molar-refractivity contribution in [2.75, 3.05) is 13.2 Å². The van der Waals surface area contributed by atoms with Gasteiger partial charge in [-0.3, -0.25) is 0 Å². The first-order valence-corrected chi connectivity index (χ1v) is 6.24. The molecule has 0 spiro atoms. The molecule has 18 heavy (non-hydrogen) atoms. The Labute approximate surface area is 107 Å². The van der Waals surface area contributed by atoms with E-state index >= 15 is 0 Å². The van der Waals surface area contributed by atoms with Crippen LogP contribution in [-0.4, -0.2) is 53.3 Å². The van der Waals surface area contributed by atoms with Crippen LogP contribution in [0.2, 0.25) is 0 Å². The molecule has 0 aromatic heterocycles. The maximum Gasteiger partial charge on any atom is 0.326 e. The van der Waals surface area contributed by atoms with Crippen molar-refractivity contribution in [3.63, 3.8) is 0 Å². The second-order valence-electron chi connectivity index (χ2n) is 5.15. The first kappa shape index (κ1) is 14.8. The van der Waals surface area contributed by atoms with Crippen molar-refractivity contribution in [3.05, 3.63) is 0 Å². The summed E-state index contributed by atoms with van der Waals surface area (Å²) in [6.45, 7) is 8.28. The molecule has 0 bridgehead atoms. The standard InChI is InChI=1S/C12H22N2O4/c1-7(2)10(11(15)16)13-12(17)14-5-9(4)18-6-8(14)3/h7-10H,5-6H2,1-4H3,(H,13,17)(H,15,16). The molecule has 1 heterocycles. The molecule has 3 atom stereocenters. The molecule has 1 rings (SSSR count). The molecule has 1 fully saturated rings. The van der Waals surface area contributed by atoms with Crippen LogP contribution in [0.4, 0.5) is 4.79 Å². The number of hydrogen-bond acceptors (Lipinski definition) is 3. The van der Waals surface area contributed by atoms with Crippen LogP contribution < -0.4 is 5.32 Å². The van der Waals surface area contributed by atoms with E-state index in [1.165, 1.54) is 0 Å². The monoisotopic (exact) mass is 258 g/mol. The largest absolute Gasteiger partial charge is 0.480 e. The van der Waals surface area contributed by atoms with E-state index in [4.69, 9.17) is 9.84 Å². The summed E-state index contributed by atoms with van der Waals surface area (Å²) >= 11 is 0. The van der Waals surface area contributed by atoms with Gasteiger partial charge < -0.3 is 20.1 Å². The Morgan fingerprint density at radius 3 is 2.50 bits per heavy atom. The SMILES string of the molecule is CC1CN(C(=O)NC(C(=O)O)C(C)C)C(C)CO1. The maximum absolute atomic E-state index is 12.1. The molecule has 2 N–H and O–H groups in total. The summed E-state index contributed by atoms with van der Waals surface area (Å²) in [5.74, 6) is -1.16. The first-order chi connectivity index (χ1) is 8.32. The third-order valence-electron chi connectivity index (χ3n) is 3.08. The van der Waals surface area contributed by atoms with Gasteiger partial charge in [0.25, 0.3) is 0 Å². The lowest BCUT2D eigenvalue weighted by Crippen LogP contribution is -2.57. The van der Waals surface area contributed by atoms with Crippen LogP contribution in [0.3, 0.4) is 0 Å². The summed E-state index contributed by atoms with van der Waals surface area (Å²) in [4.78, 5) is 24.7. The molecule has 6 heteroatoms. The summed E-state index contributed by atoms with van der Waals surface area (Å²) in [6, 6.07) is -1.23. The molecule has 0 aromatic carbocycles. The molecule has 2 amide bonds. The minimum absolute atomic E-state index is 0.0192. The average molecular weight is 258 g/mol. The number of nitrogens with one attached hydrogen (secondary N) is 1. The fourth-order valence-electron chi connectivity index (χ4n) is 1.92. The van der Waals surface area contributed by atoms with Crippen LogP contribution in [-0.2, 0) is 9.53 Å². The summed E-state index contributed by atoms with van der Waals surface area (Å²) in [6.07, 6.45) is -0.0192. The highest BCUT2D eigenvalue weighted by molar-refractivity contribution is 5.83. The van der Waals surface area contributed by atoms with Gasteiger partial charge in [0.05, 0.1) is 18.8 Å². The van der Waals surface area contributed by atoms with Crippen LogP contribution in [0.25, 0.3) is 0 Å². The number of carbonyl (C=O) groups excluding carboxylic acids is 1. The van der Waals surface area contributed by atoms with Gasteiger partial charge in [-0.05, 0) is 19.8 Å². The van der Waals surface area contributed by atoms with Crippen molar-refractivity contribution in [1.29, 1.82) is 0 Å². The number of urea groups is 1. The van der Waals surface area contributed by atoms with Crippen LogP contribution in [0.5, 0.6) is 0 Å². The summed E-state index contributed by atoms with van der Waals surface area (Å²) in [7, 11) is 0. The first-order valence-electron chi connectivity index (χ1n) is 6.24. The number of morpholine rings is 1. The van der Waals surface area contributed by atoms with Gasteiger partial charge in [0, 0.05) is 6.54 Å². The molecule has 0 saturated carbocycles. The van der Waals surface area contributed by atoms with Gasteiger partial charge in [-0.15, -0.1) is 0 Å². The van der Waals surface area contributed by atoms with E-state index in [1.807, 2.05) is 13.8 Å². The predicted octanol–water partition coefficient (Wildman–Crippen LogP) is 0.914. The van der Waals surface area contributed by atoms with Gasteiger partial charge in [0.15, 0.2) is 0 Å². The number of carboxylic acid groups (broad SMARTS) is 1. The molecule has 6 nitrogen and oxygen atoms in total. The lowest BCUT2D eigenvalue weighted by atomic mass is 10.1. The fraction of sp³-hybridized carbons (Fsp3) is 0.833. The van der Waals surface area contributed by atoms with Crippen LogP contribution in [0, 0.1) is 5.92 Å². The van der Waals surface area contributed by atoms with E-state index in [-0.39, 0.29) is 24.1 Å². The smallest absolute Gasteiger partial charge is 0.326 e. The third kappa shape index (κ3) is 3.60. The van der Waals surface area contributed by atoms with Gasteiger partial charge in [-0.25, -0.2) is 9.59 Å². The highest BCUT2D eigenvalue weighted by Crippen LogP contribution is 2.12. The average Bonchev–Trinajstić information content (AvgIpc) is 2.28. The zero-order valence-electron chi connectivity index (χ0n) is 11.3. The Kier molecular flexibility index (Phi) is 4.95. The van der Waals surface area contributed by atoms with Gasteiger partial charge in [-0.2, -0.15) is 0 Å². The summed E-state index contributed by atoms with van der Waals surface area (Å²) in [5, 5.41) is 11.6. The molecule has 104 valence electrons. The number of hydrogen-bond donors (Lipinski definition) is 2. The topological polar surface area (TPSA) is 78.9 Å². The molecular weight excluding hydrogens is 236 g/mol. The van der Waals surface area contributed by atoms with Gasteiger partial charge >= 0.3 is 12.0 Å². The summed E-state index contributed by atoms with van der Waals surface area (Å²) < 4.78 is 5.43. The van der Waals surface area contributed by atoms with Crippen molar-refractivity contribution in [2.45, 2.75) is 45.9 Å². The fourth-order valence-corrected chi connectivity index (χ4v) is 1.92. The van der Waals surface area contributed by atoms with Gasteiger partial charge in [0.1, 0.15) is 6.04 Å². The molecule has 0 aromatic rings. The van der Waals surface area contributed by atoms with Gasteiger partial charge in [-0.1, -0.05) is 13.8 Å². The minimum Gasteiger partial charge on any atom is -0.480 e. The lowest BCUT2D eigenvalue weighted by Gasteiger charge is -2.37. The third-order valence-corrected chi connectivity index (χ3v) is 3.08. The van der Waals surface area contributed by atoms with Crippen molar-refractivity contribution in [3.8, 4) is 0 Å². The molecule has 1 aliphatic rings. The number of rotatable bonds is 3. The number of aliphatic carboxylic acids is 1. The Morgan fingerprint density at radius 2 is 2.00 bits per heavy atom. The van der Waals surface area contributed by atoms with E-state index in [2.05, 4.69) is 5.32 Å². The number of carbonyl (C=O) groups is 2. The van der Waals surface area contributed by atoms with Crippen molar-refractivity contribution in [1.82, 2.24) is 10.2 Å². The maximum atomic E-state index is 12.1. The van der Waals surface area contributed by atoms with E-state index < -0.39 is 12.0 Å². The number of amides is 2. The normalized spacial score (nSPS) is 25.9. The quantitative estimate of drug-likeness (QED) is 0.788. The molecule has 1 aliphatic heterocycles. The molecular formula is C12H22N2O4. The van der Waals surface area contributed by atoms with Crippen LogP contribution >= 0.6 is 0 Å². The Hall–Kier alpha value is -1.30.